The van der Waals surface area contributed by atoms with E-state index in [4.69, 9.17) is 4.74 Å². The maximum atomic E-state index is 5.61. The quantitative estimate of drug-likeness (QED) is 0.550. The number of rotatable bonds is 7. The standard InChI is InChI=1S/C12H26O/c1-10(2)7-6-8-13-9-12(5)11(3)4/h10-12H,6-9H2,1-5H3. The summed E-state index contributed by atoms with van der Waals surface area (Å²) in [4.78, 5) is 0. The van der Waals surface area contributed by atoms with Gasteiger partial charge in [0.25, 0.3) is 0 Å². The Balaban J connectivity index is 3.16. The molecule has 0 aliphatic rings. The predicted octanol–water partition coefficient (Wildman–Crippen LogP) is 3.73. The van der Waals surface area contributed by atoms with E-state index in [1.807, 2.05) is 0 Å². The molecule has 1 unspecified atom stereocenters. The molecule has 0 saturated carbocycles. The zero-order valence-electron chi connectivity index (χ0n) is 9.97. The fourth-order valence-corrected chi connectivity index (χ4v) is 1.06. The van der Waals surface area contributed by atoms with Crippen LogP contribution in [0.4, 0.5) is 0 Å². The van der Waals surface area contributed by atoms with Crippen LogP contribution in [-0.2, 0) is 4.74 Å². The Hall–Kier alpha value is -0.0400. The minimum absolute atomic E-state index is 0.694. The Morgan fingerprint density at radius 2 is 1.62 bits per heavy atom. The minimum atomic E-state index is 0.694. The first-order valence-corrected chi connectivity index (χ1v) is 5.61. The van der Waals surface area contributed by atoms with Gasteiger partial charge in [-0.25, -0.2) is 0 Å². The van der Waals surface area contributed by atoms with Crippen LogP contribution >= 0.6 is 0 Å². The number of hydrogen-bond donors (Lipinski definition) is 0. The number of ether oxygens (including phenoxy) is 1. The molecule has 0 bridgehead atoms. The van der Waals surface area contributed by atoms with Crippen LogP contribution in [0.5, 0.6) is 0 Å². The average Bonchev–Trinajstić information content (AvgIpc) is 2.02. The van der Waals surface area contributed by atoms with Crippen molar-refractivity contribution < 1.29 is 4.74 Å². The summed E-state index contributed by atoms with van der Waals surface area (Å²) in [5, 5.41) is 0. The minimum Gasteiger partial charge on any atom is -0.381 e. The lowest BCUT2D eigenvalue weighted by Gasteiger charge is -2.15. The van der Waals surface area contributed by atoms with Crippen molar-refractivity contribution in [3.05, 3.63) is 0 Å². The van der Waals surface area contributed by atoms with E-state index < -0.39 is 0 Å². The molecule has 0 aliphatic heterocycles. The molecular weight excluding hydrogens is 160 g/mol. The normalized spacial score (nSPS) is 14.1. The summed E-state index contributed by atoms with van der Waals surface area (Å²) in [6.07, 6.45) is 2.50. The Morgan fingerprint density at radius 1 is 1.00 bits per heavy atom. The first-order valence-electron chi connectivity index (χ1n) is 5.61. The van der Waals surface area contributed by atoms with Gasteiger partial charge >= 0.3 is 0 Å². The van der Waals surface area contributed by atoms with Gasteiger partial charge in [0.2, 0.25) is 0 Å². The van der Waals surface area contributed by atoms with E-state index in [1.54, 1.807) is 0 Å². The third kappa shape index (κ3) is 8.29. The topological polar surface area (TPSA) is 9.23 Å². The van der Waals surface area contributed by atoms with Gasteiger partial charge in [0, 0.05) is 13.2 Å². The Morgan fingerprint density at radius 3 is 2.08 bits per heavy atom. The molecule has 0 radical (unpaired) electrons. The second-order valence-electron chi connectivity index (χ2n) is 4.83. The summed E-state index contributed by atoms with van der Waals surface area (Å²) in [6.45, 7) is 13.1. The second kappa shape index (κ2) is 7.37. The van der Waals surface area contributed by atoms with Gasteiger partial charge in [-0.1, -0.05) is 34.6 Å². The maximum absolute atomic E-state index is 5.61. The highest BCUT2D eigenvalue weighted by molar-refractivity contribution is 4.55. The first kappa shape index (κ1) is 13.0. The van der Waals surface area contributed by atoms with Gasteiger partial charge in [0.15, 0.2) is 0 Å². The molecule has 13 heavy (non-hydrogen) atoms. The molecule has 0 spiro atoms. The van der Waals surface area contributed by atoms with Crippen LogP contribution in [0.1, 0.15) is 47.5 Å². The van der Waals surface area contributed by atoms with Crippen LogP contribution in [0.2, 0.25) is 0 Å². The van der Waals surface area contributed by atoms with Crippen LogP contribution in [0.3, 0.4) is 0 Å². The highest BCUT2D eigenvalue weighted by Crippen LogP contribution is 2.10. The fourth-order valence-electron chi connectivity index (χ4n) is 1.06. The molecular formula is C12H26O. The monoisotopic (exact) mass is 186 g/mol. The van der Waals surface area contributed by atoms with E-state index in [2.05, 4.69) is 34.6 Å². The average molecular weight is 186 g/mol. The summed E-state index contributed by atoms with van der Waals surface area (Å²) >= 11 is 0. The third-order valence-electron chi connectivity index (χ3n) is 2.59. The van der Waals surface area contributed by atoms with Crippen LogP contribution in [0, 0.1) is 17.8 Å². The van der Waals surface area contributed by atoms with E-state index in [0.717, 1.165) is 25.0 Å². The van der Waals surface area contributed by atoms with Crippen molar-refractivity contribution in [2.24, 2.45) is 17.8 Å². The molecule has 0 aliphatic carbocycles. The summed E-state index contributed by atoms with van der Waals surface area (Å²) in [5.74, 6) is 2.25. The first-order chi connectivity index (χ1) is 6.04. The van der Waals surface area contributed by atoms with Crippen molar-refractivity contribution in [2.75, 3.05) is 13.2 Å². The summed E-state index contributed by atoms with van der Waals surface area (Å²) in [6, 6.07) is 0. The zero-order chi connectivity index (χ0) is 10.3. The maximum Gasteiger partial charge on any atom is 0.0494 e. The predicted molar refractivity (Wildman–Crippen MR) is 58.9 cm³/mol. The third-order valence-corrected chi connectivity index (χ3v) is 2.59. The molecule has 0 saturated heterocycles. The highest BCUT2D eigenvalue weighted by atomic mass is 16.5. The molecule has 0 N–H and O–H groups in total. The van der Waals surface area contributed by atoms with Gasteiger partial charge in [0.05, 0.1) is 0 Å². The SMILES string of the molecule is CC(C)CCCOCC(C)C(C)C. The summed E-state index contributed by atoms with van der Waals surface area (Å²) in [5.41, 5.74) is 0. The molecule has 1 atom stereocenters. The molecule has 0 fully saturated rings. The van der Waals surface area contributed by atoms with Gasteiger partial charge in [-0.3, -0.25) is 0 Å². The van der Waals surface area contributed by atoms with Crippen molar-refractivity contribution in [1.82, 2.24) is 0 Å². The van der Waals surface area contributed by atoms with Gasteiger partial charge in [-0.05, 0) is 30.6 Å². The van der Waals surface area contributed by atoms with Crippen LogP contribution in [-0.4, -0.2) is 13.2 Å². The molecule has 0 aromatic carbocycles. The van der Waals surface area contributed by atoms with Gasteiger partial charge in [-0.2, -0.15) is 0 Å². The lowest BCUT2D eigenvalue weighted by Crippen LogP contribution is -2.12. The van der Waals surface area contributed by atoms with Crippen molar-refractivity contribution in [2.45, 2.75) is 47.5 Å². The molecule has 0 aromatic rings. The van der Waals surface area contributed by atoms with E-state index in [1.165, 1.54) is 12.8 Å². The van der Waals surface area contributed by atoms with E-state index in [-0.39, 0.29) is 0 Å². The van der Waals surface area contributed by atoms with Gasteiger partial charge in [0.1, 0.15) is 0 Å². The van der Waals surface area contributed by atoms with Gasteiger partial charge < -0.3 is 4.74 Å². The molecule has 80 valence electrons. The van der Waals surface area contributed by atoms with Crippen LogP contribution in [0.15, 0.2) is 0 Å². The smallest absolute Gasteiger partial charge is 0.0494 e. The summed E-state index contributed by atoms with van der Waals surface area (Å²) < 4.78 is 5.61. The molecule has 0 rings (SSSR count). The largest absolute Gasteiger partial charge is 0.381 e. The number of hydrogen-bond acceptors (Lipinski definition) is 1. The molecule has 0 amide bonds. The van der Waals surface area contributed by atoms with Crippen LogP contribution in [0.25, 0.3) is 0 Å². The Kier molecular flexibility index (Phi) is 7.35. The Bertz CT molecular complexity index is 108. The van der Waals surface area contributed by atoms with E-state index in [0.29, 0.717) is 5.92 Å². The zero-order valence-corrected chi connectivity index (χ0v) is 9.97. The molecule has 1 heteroatoms. The molecule has 1 nitrogen and oxygen atoms in total. The van der Waals surface area contributed by atoms with Crippen molar-refractivity contribution >= 4 is 0 Å². The van der Waals surface area contributed by atoms with Crippen molar-refractivity contribution in [1.29, 1.82) is 0 Å². The highest BCUT2D eigenvalue weighted by Gasteiger charge is 2.06. The lowest BCUT2D eigenvalue weighted by atomic mass is 9.99. The van der Waals surface area contributed by atoms with Crippen LogP contribution < -0.4 is 0 Å². The molecule has 0 aromatic heterocycles. The Labute approximate surface area is 83.9 Å². The summed E-state index contributed by atoms with van der Waals surface area (Å²) in [7, 11) is 0. The van der Waals surface area contributed by atoms with Crippen molar-refractivity contribution in [3.63, 3.8) is 0 Å². The van der Waals surface area contributed by atoms with E-state index in [9.17, 15) is 0 Å². The second-order valence-corrected chi connectivity index (χ2v) is 4.83. The van der Waals surface area contributed by atoms with E-state index >= 15 is 0 Å². The lowest BCUT2D eigenvalue weighted by molar-refractivity contribution is 0.0855. The van der Waals surface area contributed by atoms with Gasteiger partial charge in [-0.15, -0.1) is 0 Å². The fraction of sp³-hybridized carbons (Fsp3) is 1.00. The molecule has 0 heterocycles. The van der Waals surface area contributed by atoms with Crippen molar-refractivity contribution in [3.8, 4) is 0 Å².